The fraction of sp³-hybridized carbons (Fsp3) is 0.607. The summed E-state index contributed by atoms with van der Waals surface area (Å²) < 4.78 is 20.6. The molecule has 0 N–H and O–H groups in total. The van der Waals surface area contributed by atoms with Crippen LogP contribution in [-0.4, -0.2) is 52.6 Å². The Morgan fingerprint density at radius 1 is 1.11 bits per heavy atom. The van der Waals surface area contributed by atoms with Gasteiger partial charge in [-0.05, 0) is 81.8 Å². The number of rotatable bonds is 8. The van der Waals surface area contributed by atoms with Gasteiger partial charge in [0.15, 0.2) is 0 Å². The van der Waals surface area contributed by atoms with Gasteiger partial charge in [-0.3, -0.25) is 4.79 Å². The van der Waals surface area contributed by atoms with E-state index in [9.17, 15) is 9.18 Å². The van der Waals surface area contributed by atoms with Gasteiger partial charge in [-0.2, -0.15) is 0 Å². The maximum atomic E-state index is 14.7. The first-order chi connectivity index (χ1) is 17.4. The van der Waals surface area contributed by atoms with Crippen LogP contribution in [0.4, 0.5) is 10.3 Å². The van der Waals surface area contributed by atoms with E-state index in [-0.39, 0.29) is 30.2 Å². The first-order valence-electron chi connectivity index (χ1n) is 13.3. The van der Waals surface area contributed by atoms with Gasteiger partial charge in [0.1, 0.15) is 11.6 Å². The van der Waals surface area contributed by atoms with Crippen molar-refractivity contribution in [3.05, 3.63) is 47.0 Å². The minimum atomic E-state index is -0.360. The van der Waals surface area contributed by atoms with Gasteiger partial charge in [-0.15, -0.1) is 0 Å². The smallest absolute Gasteiger partial charge is 0.227 e. The van der Waals surface area contributed by atoms with Crippen LogP contribution >= 0.6 is 11.6 Å². The summed E-state index contributed by atoms with van der Waals surface area (Å²) in [5.74, 6) is 3.16. The van der Waals surface area contributed by atoms with Gasteiger partial charge < -0.3 is 14.5 Å². The molecule has 1 amide bonds. The molecular weight excluding hydrogens is 479 g/mol. The van der Waals surface area contributed by atoms with E-state index in [4.69, 9.17) is 16.3 Å². The number of amides is 1. The number of nitrogens with zero attached hydrogens (tertiary/aromatic N) is 4. The molecule has 3 aliphatic rings. The second kappa shape index (κ2) is 10.9. The van der Waals surface area contributed by atoms with Crippen LogP contribution in [0.1, 0.15) is 57.9 Å². The normalized spacial score (nSPS) is 26.3. The molecule has 2 unspecified atom stereocenters. The van der Waals surface area contributed by atoms with E-state index in [0.29, 0.717) is 28.9 Å². The topological polar surface area (TPSA) is 58.6 Å². The second-order valence-electron chi connectivity index (χ2n) is 10.8. The van der Waals surface area contributed by atoms with Crippen molar-refractivity contribution in [1.82, 2.24) is 14.9 Å². The van der Waals surface area contributed by atoms with Crippen LogP contribution in [0.2, 0.25) is 5.02 Å². The lowest BCUT2D eigenvalue weighted by Crippen LogP contribution is -2.39. The maximum absolute atomic E-state index is 14.7. The Morgan fingerprint density at radius 3 is 2.47 bits per heavy atom. The Balaban J connectivity index is 1.03. The maximum Gasteiger partial charge on any atom is 0.227 e. The molecule has 1 aromatic heterocycles. The molecule has 1 saturated carbocycles. The van der Waals surface area contributed by atoms with Crippen molar-refractivity contribution in [2.75, 3.05) is 24.6 Å². The number of carbonyl (C=O) groups excluding carboxylic acids is 1. The number of piperidine rings is 1. The number of aromatic nitrogens is 2. The van der Waals surface area contributed by atoms with Gasteiger partial charge in [0.05, 0.1) is 30.4 Å². The van der Waals surface area contributed by atoms with Crippen LogP contribution in [0.3, 0.4) is 0 Å². The monoisotopic (exact) mass is 514 g/mol. The van der Waals surface area contributed by atoms with E-state index < -0.39 is 0 Å². The van der Waals surface area contributed by atoms with Gasteiger partial charge in [0, 0.05) is 31.2 Å². The van der Waals surface area contributed by atoms with Gasteiger partial charge in [0.25, 0.3) is 0 Å². The quantitative estimate of drug-likeness (QED) is 0.463. The number of likely N-dealkylation sites (tertiary alicyclic amines) is 1. The molecule has 3 heterocycles. The lowest BCUT2D eigenvalue weighted by molar-refractivity contribution is -0.132. The molecule has 36 heavy (non-hydrogen) atoms. The molecule has 2 aromatic rings. The van der Waals surface area contributed by atoms with Crippen molar-refractivity contribution in [2.45, 2.75) is 70.9 Å². The van der Waals surface area contributed by atoms with E-state index in [1.54, 1.807) is 24.5 Å². The van der Waals surface area contributed by atoms with E-state index in [0.717, 1.165) is 63.0 Å². The van der Waals surface area contributed by atoms with Crippen LogP contribution in [-0.2, 0) is 11.2 Å². The second-order valence-corrected chi connectivity index (χ2v) is 11.3. The van der Waals surface area contributed by atoms with Gasteiger partial charge in [-0.1, -0.05) is 17.7 Å². The van der Waals surface area contributed by atoms with E-state index in [1.807, 2.05) is 4.90 Å². The molecule has 0 radical (unpaired) electrons. The molecule has 8 heteroatoms. The zero-order valence-electron chi connectivity index (χ0n) is 21.2. The number of hydrogen-bond acceptors (Lipinski definition) is 5. The lowest BCUT2D eigenvalue weighted by atomic mass is 9.90. The Morgan fingerprint density at radius 2 is 1.81 bits per heavy atom. The van der Waals surface area contributed by atoms with Crippen molar-refractivity contribution >= 4 is 23.5 Å². The van der Waals surface area contributed by atoms with Crippen molar-refractivity contribution in [1.29, 1.82) is 0 Å². The summed E-state index contributed by atoms with van der Waals surface area (Å²) in [5, 5.41) is 0.562. The molecule has 3 fully saturated rings. The van der Waals surface area contributed by atoms with Crippen molar-refractivity contribution in [2.24, 2.45) is 17.8 Å². The molecule has 4 atom stereocenters. The third-order valence-corrected chi connectivity index (χ3v) is 8.57. The highest BCUT2D eigenvalue weighted by molar-refractivity contribution is 6.30. The van der Waals surface area contributed by atoms with E-state index >= 15 is 0 Å². The number of anilines is 1. The fourth-order valence-corrected chi connectivity index (χ4v) is 6.30. The summed E-state index contributed by atoms with van der Waals surface area (Å²) in [5.41, 5.74) is 0.441. The van der Waals surface area contributed by atoms with E-state index in [1.165, 1.54) is 12.5 Å². The number of hydrogen-bond donors (Lipinski definition) is 0. The molecule has 6 nitrogen and oxygen atoms in total. The third kappa shape index (κ3) is 5.77. The van der Waals surface area contributed by atoms with Crippen LogP contribution in [0.25, 0.3) is 0 Å². The Kier molecular flexibility index (Phi) is 7.65. The van der Waals surface area contributed by atoms with Crippen molar-refractivity contribution < 1.29 is 13.9 Å². The van der Waals surface area contributed by atoms with Gasteiger partial charge >= 0.3 is 0 Å². The van der Waals surface area contributed by atoms with Crippen LogP contribution in [0.15, 0.2) is 30.6 Å². The minimum Gasteiger partial charge on any atom is -0.493 e. The summed E-state index contributed by atoms with van der Waals surface area (Å²) in [4.78, 5) is 25.5. The van der Waals surface area contributed by atoms with Crippen LogP contribution < -0.4 is 9.64 Å². The SMILES string of the molecule is CC1CCC(C)N1C(=O)Cc1ccc(OCC[C@@H]2C[C@@H]2C2CCN(c3ncc(Cl)cn3)CC2)cc1F. The molecular formula is C28H36ClFN4O2. The van der Waals surface area contributed by atoms with Crippen molar-refractivity contribution in [3.63, 3.8) is 0 Å². The summed E-state index contributed by atoms with van der Waals surface area (Å²) in [6, 6.07) is 5.38. The third-order valence-electron chi connectivity index (χ3n) is 8.38. The molecule has 0 spiro atoms. The Labute approximate surface area is 218 Å². The number of carbonyl (C=O) groups is 1. The molecule has 194 valence electrons. The van der Waals surface area contributed by atoms with Crippen LogP contribution in [0, 0.1) is 23.6 Å². The van der Waals surface area contributed by atoms with Crippen LogP contribution in [0.5, 0.6) is 5.75 Å². The first-order valence-corrected chi connectivity index (χ1v) is 13.7. The summed E-state index contributed by atoms with van der Waals surface area (Å²) in [7, 11) is 0. The number of halogens is 2. The molecule has 0 bridgehead atoms. The zero-order valence-corrected chi connectivity index (χ0v) is 22.0. The fourth-order valence-electron chi connectivity index (χ4n) is 6.21. The summed E-state index contributed by atoms with van der Waals surface area (Å²) in [6.07, 6.45) is 10.0. The average Bonchev–Trinajstić information content (AvgIpc) is 3.56. The Hall–Kier alpha value is -2.41. The van der Waals surface area contributed by atoms with E-state index in [2.05, 4.69) is 28.7 Å². The Bertz CT molecular complexity index is 1050. The number of ether oxygens (including phenoxy) is 1. The number of benzene rings is 1. The lowest BCUT2D eigenvalue weighted by Gasteiger charge is -2.32. The highest BCUT2D eigenvalue weighted by Crippen LogP contribution is 2.49. The highest BCUT2D eigenvalue weighted by atomic mass is 35.5. The zero-order chi connectivity index (χ0) is 25.2. The van der Waals surface area contributed by atoms with Crippen molar-refractivity contribution in [3.8, 4) is 5.75 Å². The molecule has 2 saturated heterocycles. The first kappa shape index (κ1) is 25.2. The predicted molar refractivity (Wildman–Crippen MR) is 139 cm³/mol. The molecule has 1 aliphatic carbocycles. The molecule has 2 aliphatic heterocycles. The summed E-state index contributed by atoms with van der Waals surface area (Å²) in [6.45, 7) is 6.70. The minimum absolute atomic E-state index is 0.00590. The average molecular weight is 515 g/mol. The standard InChI is InChI=1S/C28H36ClFN4O2/c1-18-3-4-19(2)34(18)27(35)14-22-5-6-24(15-26(22)30)36-12-9-21-13-25(21)20-7-10-33(11-8-20)28-31-16-23(29)17-32-28/h5-6,15-21,25H,3-4,7-14H2,1-2H3/t18?,19?,21-,25-/m1/s1. The van der Waals surface area contributed by atoms with Gasteiger partial charge in [-0.25, -0.2) is 14.4 Å². The molecule has 1 aromatic carbocycles. The van der Waals surface area contributed by atoms with Gasteiger partial charge in [0.2, 0.25) is 11.9 Å². The summed E-state index contributed by atoms with van der Waals surface area (Å²) >= 11 is 5.90. The highest BCUT2D eigenvalue weighted by Gasteiger charge is 2.43. The predicted octanol–water partition coefficient (Wildman–Crippen LogP) is 5.53. The molecule has 5 rings (SSSR count). The largest absolute Gasteiger partial charge is 0.493 e.